The Hall–Kier alpha value is -1.88. The van der Waals surface area contributed by atoms with Crippen LogP contribution < -0.4 is 9.80 Å². The van der Waals surface area contributed by atoms with Crippen molar-refractivity contribution in [3.05, 3.63) is 41.6 Å². The van der Waals surface area contributed by atoms with Gasteiger partial charge in [0.15, 0.2) is 0 Å². The van der Waals surface area contributed by atoms with Gasteiger partial charge in [-0.2, -0.15) is 0 Å². The number of anilines is 2. The fourth-order valence-corrected chi connectivity index (χ4v) is 2.57. The summed E-state index contributed by atoms with van der Waals surface area (Å²) in [5.74, 6) is 1.82. The molecule has 0 N–H and O–H groups in total. The van der Waals surface area contributed by atoms with Gasteiger partial charge in [0.05, 0.1) is 0 Å². The summed E-state index contributed by atoms with van der Waals surface area (Å²) in [7, 11) is 0. The smallest absolute Gasteiger partial charge is 0.132 e. The van der Waals surface area contributed by atoms with Crippen LogP contribution in [0.1, 0.15) is 5.82 Å². The number of pyridine rings is 1. The van der Waals surface area contributed by atoms with Crippen molar-refractivity contribution in [1.29, 1.82) is 0 Å². The lowest BCUT2D eigenvalue weighted by Gasteiger charge is -2.36. The van der Waals surface area contributed by atoms with Gasteiger partial charge < -0.3 is 9.80 Å². The lowest BCUT2D eigenvalue weighted by molar-refractivity contribution is 0.645. The molecule has 0 aromatic carbocycles. The molecule has 6 heteroatoms. The molecule has 2 aromatic rings. The highest BCUT2D eigenvalue weighted by atomic mass is 35.5. The molecule has 3 rings (SSSR count). The molecule has 1 aliphatic rings. The maximum atomic E-state index is 5.94. The van der Waals surface area contributed by atoms with E-state index in [2.05, 4.69) is 24.8 Å². The second kappa shape index (κ2) is 5.63. The number of aromatic nitrogens is 3. The number of aryl methyl sites for hydroxylation is 1. The van der Waals surface area contributed by atoms with Crippen LogP contribution in [-0.2, 0) is 0 Å². The minimum Gasteiger partial charge on any atom is -0.368 e. The van der Waals surface area contributed by atoms with Gasteiger partial charge in [-0.05, 0) is 25.1 Å². The molecule has 3 heterocycles. The van der Waals surface area contributed by atoms with Gasteiger partial charge in [0, 0.05) is 44.3 Å². The summed E-state index contributed by atoms with van der Waals surface area (Å²) in [6.45, 7) is 5.69. The molecule has 0 radical (unpaired) electrons. The number of hydrogen-bond donors (Lipinski definition) is 0. The predicted octanol–water partition coefficient (Wildman–Crippen LogP) is 2.16. The minimum absolute atomic E-state index is 0.538. The molecule has 2 aromatic heterocycles. The molecule has 1 aliphatic heterocycles. The first-order valence-electron chi connectivity index (χ1n) is 6.63. The van der Waals surface area contributed by atoms with E-state index in [4.69, 9.17) is 11.6 Å². The predicted molar refractivity (Wildman–Crippen MR) is 80.4 cm³/mol. The highest BCUT2D eigenvalue weighted by molar-refractivity contribution is 6.29. The summed E-state index contributed by atoms with van der Waals surface area (Å²) in [5, 5.41) is 0.538. The van der Waals surface area contributed by atoms with Crippen molar-refractivity contribution in [3.8, 4) is 0 Å². The number of nitrogens with zero attached hydrogens (tertiary/aromatic N) is 5. The molecule has 1 fully saturated rings. The van der Waals surface area contributed by atoms with Crippen molar-refractivity contribution in [2.24, 2.45) is 0 Å². The van der Waals surface area contributed by atoms with Gasteiger partial charge in [-0.25, -0.2) is 15.0 Å². The van der Waals surface area contributed by atoms with E-state index in [1.54, 1.807) is 6.20 Å². The van der Waals surface area contributed by atoms with Crippen LogP contribution in [-0.4, -0.2) is 41.1 Å². The zero-order valence-corrected chi connectivity index (χ0v) is 12.1. The van der Waals surface area contributed by atoms with E-state index in [9.17, 15) is 0 Å². The Kier molecular flexibility index (Phi) is 3.69. The van der Waals surface area contributed by atoms with Crippen LogP contribution in [0.25, 0.3) is 0 Å². The lowest BCUT2D eigenvalue weighted by atomic mass is 10.2. The highest BCUT2D eigenvalue weighted by Crippen LogP contribution is 2.20. The first kappa shape index (κ1) is 13.1. The van der Waals surface area contributed by atoms with Crippen molar-refractivity contribution in [3.63, 3.8) is 0 Å². The maximum Gasteiger partial charge on any atom is 0.132 e. The third-order valence-electron chi connectivity index (χ3n) is 3.44. The van der Waals surface area contributed by atoms with Gasteiger partial charge in [-0.1, -0.05) is 11.6 Å². The Labute approximate surface area is 123 Å². The topological polar surface area (TPSA) is 45.2 Å². The molecule has 0 spiro atoms. The van der Waals surface area contributed by atoms with E-state index in [0.717, 1.165) is 43.5 Å². The molecule has 0 aliphatic carbocycles. The highest BCUT2D eigenvalue weighted by Gasteiger charge is 2.18. The fourth-order valence-electron chi connectivity index (χ4n) is 2.40. The molecule has 1 saturated heterocycles. The van der Waals surface area contributed by atoms with E-state index in [0.29, 0.717) is 5.15 Å². The van der Waals surface area contributed by atoms with Gasteiger partial charge in [-0.3, -0.25) is 0 Å². The van der Waals surface area contributed by atoms with Crippen LogP contribution in [0.5, 0.6) is 0 Å². The number of piperazine rings is 1. The van der Waals surface area contributed by atoms with Crippen molar-refractivity contribution < 1.29 is 0 Å². The summed E-state index contributed by atoms with van der Waals surface area (Å²) in [6.07, 6.45) is 3.56. The summed E-state index contributed by atoms with van der Waals surface area (Å²) in [6, 6.07) is 5.87. The molecular formula is C14H16ClN5. The van der Waals surface area contributed by atoms with E-state index >= 15 is 0 Å². The van der Waals surface area contributed by atoms with E-state index < -0.39 is 0 Å². The second-order valence-corrected chi connectivity index (χ2v) is 5.16. The lowest BCUT2D eigenvalue weighted by Crippen LogP contribution is -2.46. The molecule has 0 atom stereocenters. The standard InChI is InChI=1S/C14H16ClN5/c1-11-16-5-3-14(18-11)20-8-6-19(7-9-20)12-2-4-17-13(15)10-12/h2-5,10H,6-9H2,1H3. The second-order valence-electron chi connectivity index (χ2n) is 4.77. The quantitative estimate of drug-likeness (QED) is 0.793. The molecule has 0 saturated carbocycles. The van der Waals surface area contributed by atoms with Crippen LogP contribution in [0.15, 0.2) is 30.6 Å². The molecule has 0 unspecified atom stereocenters. The van der Waals surface area contributed by atoms with Crippen molar-refractivity contribution in [2.75, 3.05) is 36.0 Å². The third-order valence-corrected chi connectivity index (χ3v) is 3.65. The van der Waals surface area contributed by atoms with E-state index in [1.807, 2.05) is 31.3 Å². The van der Waals surface area contributed by atoms with Gasteiger partial charge >= 0.3 is 0 Å². The fraction of sp³-hybridized carbons (Fsp3) is 0.357. The number of halogens is 1. The molecule has 20 heavy (non-hydrogen) atoms. The SMILES string of the molecule is Cc1nccc(N2CCN(c3ccnc(Cl)c3)CC2)n1. The summed E-state index contributed by atoms with van der Waals surface area (Å²) in [4.78, 5) is 17.2. The van der Waals surface area contributed by atoms with Crippen molar-refractivity contribution in [1.82, 2.24) is 15.0 Å². The van der Waals surface area contributed by atoms with Crippen LogP contribution in [0.4, 0.5) is 11.5 Å². The third kappa shape index (κ3) is 2.82. The molecular weight excluding hydrogens is 274 g/mol. The average Bonchev–Trinajstić information content (AvgIpc) is 2.47. The van der Waals surface area contributed by atoms with Crippen LogP contribution in [0, 0.1) is 6.92 Å². The van der Waals surface area contributed by atoms with E-state index in [1.165, 1.54) is 0 Å². The molecule has 104 valence electrons. The van der Waals surface area contributed by atoms with Gasteiger partial charge in [0.1, 0.15) is 16.8 Å². The maximum absolute atomic E-state index is 5.94. The zero-order chi connectivity index (χ0) is 13.9. The Bertz CT molecular complexity index is 542. The average molecular weight is 290 g/mol. The number of rotatable bonds is 2. The normalized spacial score (nSPS) is 15.5. The zero-order valence-electron chi connectivity index (χ0n) is 11.3. The van der Waals surface area contributed by atoms with Crippen molar-refractivity contribution >= 4 is 23.1 Å². The molecule has 0 amide bonds. The Balaban J connectivity index is 1.68. The monoisotopic (exact) mass is 289 g/mol. The van der Waals surface area contributed by atoms with Gasteiger partial charge in [0.25, 0.3) is 0 Å². The minimum atomic E-state index is 0.538. The largest absolute Gasteiger partial charge is 0.368 e. The Morgan fingerprint density at radius 1 is 1.00 bits per heavy atom. The molecule has 0 bridgehead atoms. The first-order chi connectivity index (χ1) is 9.72. The van der Waals surface area contributed by atoms with Crippen LogP contribution >= 0.6 is 11.6 Å². The van der Waals surface area contributed by atoms with Crippen LogP contribution in [0.2, 0.25) is 5.15 Å². The summed E-state index contributed by atoms with van der Waals surface area (Å²) < 4.78 is 0. The van der Waals surface area contributed by atoms with E-state index in [-0.39, 0.29) is 0 Å². The van der Waals surface area contributed by atoms with Crippen LogP contribution in [0.3, 0.4) is 0 Å². The van der Waals surface area contributed by atoms with Crippen molar-refractivity contribution in [2.45, 2.75) is 6.92 Å². The summed E-state index contributed by atoms with van der Waals surface area (Å²) in [5.41, 5.74) is 1.13. The number of hydrogen-bond acceptors (Lipinski definition) is 5. The first-order valence-corrected chi connectivity index (χ1v) is 7.01. The summed E-state index contributed by atoms with van der Waals surface area (Å²) >= 11 is 5.94. The Morgan fingerprint density at radius 2 is 1.70 bits per heavy atom. The molecule has 5 nitrogen and oxygen atoms in total. The van der Waals surface area contributed by atoms with Gasteiger partial charge in [-0.15, -0.1) is 0 Å². The Morgan fingerprint density at radius 3 is 2.40 bits per heavy atom. The van der Waals surface area contributed by atoms with Gasteiger partial charge in [0.2, 0.25) is 0 Å².